The summed E-state index contributed by atoms with van der Waals surface area (Å²) >= 11 is 0. The zero-order valence-corrected chi connectivity index (χ0v) is 14.1. The number of hydrogen-bond acceptors (Lipinski definition) is 3. The van der Waals surface area contributed by atoms with Crippen molar-refractivity contribution < 1.29 is 8.42 Å². The van der Waals surface area contributed by atoms with Gasteiger partial charge in [-0.1, -0.05) is 31.4 Å². The van der Waals surface area contributed by atoms with Crippen LogP contribution in [0.1, 0.15) is 50.0 Å². The second-order valence-electron chi connectivity index (χ2n) is 7.22. The molecule has 0 aromatic heterocycles. The lowest BCUT2D eigenvalue weighted by Gasteiger charge is -2.42. The van der Waals surface area contributed by atoms with Crippen molar-refractivity contribution in [1.82, 2.24) is 0 Å². The lowest BCUT2D eigenvalue weighted by atomic mass is 9.71. The van der Waals surface area contributed by atoms with Gasteiger partial charge in [0.15, 0.2) is 0 Å². The summed E-state index contributed by atoms with van der Waals surface area (Å²) in [5.41, 5.74) is 2.17. The van der Waals surface area contributed by atoms with Gasteiger partial charge in [-0.25, -0.2) is 13.6 Å². The molecule has 0 bridgehead atoms. The van der Waals surface area contributed by atoms with Crippen LogP contribution in [-0.4, -0.2) is 14.5 Å². The average Bonchev–Trinajstić information content (AvgIpc) is 3.03. The Morgan fingerprint density at radius 3 is 2.65 bits per heavy atom. The van der Waals surface area contributed by atoms with Crippen molar-refractivity contribution in [2.45, 2.75) is 55.4 Å². The van der Waals surface area contributed by atoms with Gasteiger partial charge in [-0.3, -0.25) is 0 Å². The number of anilines is 1. The van der Waals surface area contributed by atoms with Crippen LogP contribution in [0.2, 0.25) is 0 Å². The Morgan fingerprint density at radius 2 is 1.91 bits per heavy atom. The van der Waals surface area contributed by atoms with Crippen molar-refractivity contribution in [2.75, 3.05) is 5.32 Å². The molecule has 0 saturated heterocycles. The van der Waals surface area contributed by atoms with Crippen LogP contribution >= 0.6 is 0 Å². The summed E-state index contributed by atoms with van der Waals surface area (Å²) in [5.74, 6) is 1.60. The number of sulfonamides is 1. The second-order valence-corrected chi connectivity index (χ2v) is 8.78. The van der Waals surface area contributed by atoms with Crippen molar-refractivity contribution in [2.24, 2.45) is 17.0 Å². The van der Waals surface area contributed by atoms with Gasteiger partial charge in [0.1, 0.15) is 0 Å². The normalized spacial score (nSPS) is 30.6. The van der Waals surface area contributed by atoms with E-state index in [2.05, 4.69) is 17.5 Å². The van der Waals surface area contributed by atoms with Crippen LogP contribution in [0.4, 0.5) is 5.69 Å². The predicted octanol–water partition coefficient (Wildman–Crippen LogP) is 3.37. The number of fused-ring (bicyclic) bond motifs is 3. The van der Waals surface area contributed by atoms with E-state index in [0.717, 1.165) is 23.6 Å². The monoisotopic (exact) mass is 332 g/mol. The predicted molar refractivity (Wildman–Crippen MR) is 91.8 cm³/mol. The minimum Gasteiger partial charge on any atom is -0.381 e. The number of allylic oxidation sites excluding steroid dienone is 2. The fourth-order valence-electron chi connectivity index (χ4n) is 4.75. The topological polar surface area (TPSA) is 72.2 Å². The SMILES string of the molecule is NS(=O)(=O)c1ccc2c(c1)[C@H]1C=CC[C@H]1[C@@H](C1CCCCC1)N2. The van der Waals surface area contributed by atoms with Crippen LogP contribution in [0.3, 0.4) is 0 Å². The minimum absolute atomic E-state index is 0.216. The van der Waals surface area contributed by atoms with Gasteiger partial charge < -0.3 is 5.32 Å². The first-order valence-corrected chi connectivity index (χ1v) is 10.2. The zero-order chi connectivity index (χ0) is 16.0. The molecule has 23 heavy (non-hydrogen) atoms. The van der Waals surface area contributed by atoms with Gasteiger partial charge in [0, 0.05) is 17.6 Å². The first-order valence-electron chi connectivity index (χ1n) is 8.64. The summed E-state index contributed by atoms with van der Waals surface area (Å²) in [7, 11) is -3.65. The van der Waals surface area contributed by atoms with E-state index in [1.165, 1.54) is 32.1 Å². The fraction of sp³-hybridized carbons (Fsp3) is 0.556. The smallest absolute Gasteiger partial charge is 0.238 e. The van der Waals surface area contributed by atoms with Crippen LogP contribution in [0, 0.1) is 11.8 Å². The number of primary sulfonamides is 1. The zero-order valence-electron chi connectivity index (χ0n) is 13.2. The molecule has 0 unspecified atom stereocenters. The van der Waals surface area contributed by atoms with Crippen LogP contribution in [0.15, 0.2) is 35.2 Å². The van der Waals surface area contributed by atoms with Crippen LogP contribution in [-0.2, 0) is 10.0 Å². The van der Waals surface area contributed by atoms with Crippen LogP contribution < -0.4 is 10.5 Å². The maximum absolute atomic E-state index is 11.7. The average molecular weight is 332 g/mol. The van der Waals surface area contributed by atoms with Crippen LogP contribution in [0.5, 0.6) is 0 Å². The molecule has 3 aliphatic rings. The van der Waals surface area contributed by atoms with Crippen molar-refractivity contribution in [1.29, 1.82) is 0 Å². The molecule has 0 radical (unpaired) electrons. The Labute approximate surface area is 138 Å². The van der Waals surface area contributed by atoms with E-state index < -0.39 is 10.0 Å². The van der Waals surface area contributed by atoms with Gasteiger partial charge in [-0.15, -0.1) is 0 Å². The number of nitrogens with two attached hydrogens (primary N) is 1. The molecular weight excluding hydrogens is 308 g/mol. The molecule has 1 aromatic carbocycles. The van der Waals surface area contributed by atoms with E-state index >= 15 is 0 Å². The number of nitrogens with one attached hydrogen (secondary N) is 1. The number of rotatable bonds is 2. The standard InChI is InChI=1S/C18H24N2O2S/c19-23(21,22)13-9-10-17-16(11-13)14-7-4-8-15(14)18(20-17)12-5-2-1-3-6-12/h4,7,9-12,14-15,18,20H,1-3,5-6,8H2,(H2,19,21,22)/t14-,15+,18+/m0/s1. The van der Waals surface area contributed by atoms with E-state index in [1.54, 1.807) is 12.1 Å². The quantitative estimate of drug-likeness (QED) is 0.816. The van der Waals surface area contributed by atoms with Gasteiger partial charge in [-0.05, 0) is 54.9 Å². The first-order chi connectivity index (χ1) is 11.0. The van der Waals surface area contributed by atoms with Gasteiger partial charge in [0.2, 0.25) is 10.0 Å². The molecule has 1 heterocycles. The third-order valence-electron chi connectivity index (χ3n) is 5.86. The molecule has 0 spiro atoms. The largest absolute Gasteiger partial charge is 0.381 e. The summed E-state index contributed by atoms with van der Waals surface area (Å²) in [6.07, 6.45) is 12.3. The molecule has 3 atom stereocenters. The van der Waals surface area contributed by atoms with E-state index in [4.69, 9.17) is 5.14 Å². The molecule has 1 aliphatic heterocycles. The summed E-state index contributed by atoms with van der Waals surface area (Å²) in [6.45, 7) is 0. The maximum atomic E-state index is 11.7. The molecule has 4 rings (SSSR count). The van der Waals surface area contributed by atoms with Gasteiger partial charge >= 0.3 is 0 Å². The lowest BCUT2D eigenvalue weighted by Crippen LogP contribution is -2.42. The summed E-state index contributed by atoms with van der Waals surface area (Å²) < 4.78 is 23.3. The first kappa shape index (κ1) is 15.2. The molecule has 2 aliphatic carbocycles. The third kappa shape index (κ3) is 2.70. The Morgan fingerprint density at radius 1 is 1.13 bits per heavy atom. The van der Waals surface area contributed by atoms with Crippen molar-refractivity contribution >= 4 is 15.7 Å². The fourth-order valence-corrected chi connectivity index (χ4v) is 5.30. The van der Waals surface area contributed by atoms with Gasteiger partial charge in [-0.2, -0.15) is 0 Å². The number of hydrogen-bond donors (Lipinski definition) is 2. The van der Waals surface area contributed by atoms with Crippen molar-refractivity contribution in [3.05, 3.63) is 35.9 Å². The number of benzene rings is 1. The van der Waals surface area contributed by atoms with E-state index in [9.17, 15) is 8.42 Å². The van der Waals surface area contributed by atoms with E-state index in [0.29, 0.717) is 17.9 Å². The third-order valence-corrected chi connectivity index (χ3v) is 6.78. The highest BCUT2D eigenvalue weighted by molar-refractivity contribution is 7.89. The molecule has 4 nitrogen and oxygen atoms in total. The molecule has 1 fully saturated rings. The summed E-state index contributed by atoms with van der Waals surface area (Å²) in [6, 6.07) is 5.79. The van der Waals surface area contributed by atoms with Crippen LogP contribution in [0.25, 0.3) is 0 Å². The van der Waals surface area contributed by atoms with Gasteiger partial charge in [0.05, 0.1) is 4.90 Å². The Bertz CT molecular complexity index is 735. The molecule has 1 saturated carbocycles. The van der Waals surface area contributed by atoms with Crippen molar-refractivity contribution in [3.8, 4) is 0 Å². The highest BCUT2D eigenvalue weighted by atomic mass is 32.2. The highest BCUT2D eigenvalue weighted by Crippen LogP contribution is 2.48. The van der Waals surface area contributed by atoms with E-state index in [1.807, 2.05) is 6.07 Å². The Hall–Kier alpha value is -1.33. The molecule has 1 aromatic rings. The molecule has 0 amide bonds. The molecule has 3 N–H and O–H groups in total. The molecular formula is C18H24N2O2S. The van der Waals surface area contributed by atoms with E-state index in [-0.39, 0.29) is 4.90 Å². The Balaban J connectivity index is 1.71. The highest BCUT2D eigenvalue weighted by Gasteiger charge is 2.41. The molecule has 124 valence electrons. The van der Waals surface area contributed by atoms with Crippen molar-refractivity contribution in [3.63, 3.8) is 0 Å². The minimum atomic E-state index is -3.65. The lowest BCUT2D eigenvalue weighted by molar-refractivity contribution is 0.248. The second kappa shape index (κ2) is 5.64. The summed E-state index contributed by atoms with van der Waals surface area (Å²) in [4.78, 5) is 0.216. The maximum Gasteiger partial charge on any atom is 0.238 e. The molecule has 5 heteroatoms. The summed E-state index contributed by atoms with van der Waals surface area (Å²) in [5, 5.41) is 9.05. The Kier molecular flexibility index (Phi) is 3.73. The van der Waals surface area contributed by atoms with Gasteiger partial charge in [0.25, 0.3) is 0 Å².